The molecule has 0 unspecified atom stereocenters. The summed E-state index contributed by atoms with van der Waals surface area (Å²) in [6.45, 7) is 2.17. The molecule has 0 bridgehead atoms. The number of aryl methyl sites for hydroxylation is 1. The van der Waals surface area contributed by atoms with Crippen LogP contribution in [-0.2, 0) is 4.79 Å². The zero-order valence-electron chi connectivity index (χ0n) is 17.2. The molecule has 0 saturated heterocycles. The maximum atomic E-state index is 13.3. The van der Waals surface area contributed by atoms with Crippen molar-refractivity contribution in [1.82, 2.24) is 4.98 Å². The first-order chi connectivity index (χ1) is 15.6. The minimum absolute atomic E-state index is 0.0628. The number of amidine groups is 1. The van der Waals surface area contributed by atoms with Crippen LogP contribution in [0.2, 0.25) is 0 Å². The van der Waals surface area contributed by atoms with Gasteiger partial charge in [0.05, 0.1) is 17.1 Å². The Hall–Kier alpha value is -3.78. The molecule has 0 saturated carbocycles. The van der Waals surface area contributed by atoms with E-state index in [1.54, 1.807) is 35.4 Å². The number of aromatic amines is 1. The van der Waals surface area contributed by atoms with E-state index in [9.17, 15) is 9.59 Å². The number of nitrogens with one attached hydrogen (secondary N) is 1. The monoisotopic (exact) mass is 445 g/mol. The van der Waals surface area contributed by atoms with Crippen molar-refractivity contribution in [3.63, 3.8) is 0 Å². The normalized spacial score (nSPS) is 16.0. The average Bonchev–Trinajstić information content (AvgIpc) is 3.54. The number of benzene rings is 2. The van der Waals surface area contributed by atoms with Gasteiger partial charge in [0.25, 0.3) is 5.91 Å². The molecule has 0 atom stereocenters. The van der Waals surface area contributed by atoms with Crippen LogP contribution in [0.5, 0.6) is 11.5 Å². The van der Waals surface area contributed by atoms with Crippen molar-refractivity contribution < 1.29 is 19.1 Å². The summed E-state index contributed by atoms with van der Waals surface area (Å²) in [6.07, 6.45) is 3.42. The second kappa shape index (κ2) is 8.39. The smallest absolute Gasteiger partial charge is 0.283 e. The van der Waals surface area contributed by atoms with Crippen LogP contribution in [-0.4, -0.2) is 34.4 Å². The Morgan fingerprint density at radius 2 is 1.97 bits per heavy atom. The lowest BCUT2D eigenvalue weighted by Gasteiger charge is -2.17. The minimum Gasteiger partial charge on any atom is -0.454 e. The second-order valence-electron chi connectivity index (χ2n) is 7.31. The molecule has 1 N–H and O–H groups in total. The first kappa shape index (κ1) is 20.1. The van der Waals surface area contributed by atoms with Gasteiger partial charge in [-0.15, -0.1) is 0 Å². The van der Waals surface area contributed by atoms with E-state index in [4.69, 9.17) is 9.47 Å². The molecule has 2 aromatic carbocycles. The first-order valence-corrected chi connectivity index (χ1v) is 11.0. The second-order valence-corrected chi connectivity index (χ2v) is 8.25. The summed E-state index contributed by atoms with van der Waals surface area (Å²) < 4.78 is 10.8. The summed E-state index contributed by atoms with van der Waals surface area (Å²) in [7, 11) is 0. The zero-order valence-corrected chi connectivity index (χ0v) is 18.0. The summed E-state index contributed by atoms with van der Waals surface area (Å²) in [4.78, 5) is 34.8. The van der Waals surface area contributed by atoms with E-state index < -0.39 is 0 Å². The number of hydrogen-bond acceptors (Lipinski definition) is 6. The number of carbonyl (C=O) groups is 2. The molecule has 1 amide bonds. The van der Waals surface area contributed by atoms with E-state index in [-0.39, 0.29) is 24.2 Å². The SMILES string of the molecule is Cc1ccc(N2C(=O)/C(=C/c3ccc4c(c3)OCO4)N=C2SCC(=O)c2ccc[nH]2)cc1. The number of hydrogen-bond donors (Lipinski definition) is 1. The van der Waals surface area contributed by atoms with Crippen LogP contribution in [0, 0.1) is 6.92 Å². The van der Waals surface area contributed by atoms with Gasteiger partial charge in [-0.25, -0.2) is 4.99 Å². The molecular formula is C24H19N3O4S. The molecule has 2 aliphatic rings. The standard InChI is InChI=1S/C24H19N3O4S/c1-15-4-7-17(8-5-15)27-23(29)19(11-16-6-9-21-22(12-16)31-14-30-21)26-24(27)32-13-20(28)18-3-2-10-25-18/h2-12,25H,13-14H2,1H3/b19-11-. The Morgan fingerprint density at radius 1 is 1.16 bits per heavy atom. The van der Waals surface area contributed by atoms with E-state index in [1.807, 2.05) is 43.3 Å². The van der Waals surface area contributed by atoms with E-state index in [2.05, 4.69) is 9.98 Å². The molecule has 5 rings (SSSR count). The Kier molecular flexibility index (Phi) is 5.28. The molecule has 160 valence electrons. The highest BCUT2D eigenvalue weighted by molar-refractivity contribution is 8.14. The number of anilines is 1. The molecule has 32 heavy (non-hydrogen) atoms. The van der Waals surface area contributed by atoms with Crippen molar-refractivity contribution >= 4 is 40.4 Å². The molecule has 3 aromatic rings. The first-order valence-electron chi connectivity index (χ1n) is 9.99. The summed E-state index contributed by atoms with van der Waals surface area (Å²) in [5, 5.41) is 0.464. The minimum atomic E-state index is -0.249. The van der Waals surface area contributed by atoms with Gasteiger partial charge in [-0.3, -0.25) is 14.5 Å². The Balaban J connectivity index is 1.45. The number of nitrogens with zero attached hydrogens (tertiary/aromatic N) is 2. The molecule has 2 aliphatic heterocycles. The molecule has 7 nitrogen and oxygen atoms in total. The number of aliphatic imine (C=N–C) groups is 1. The van der Waals surface area contributed by atoms with Gasteiger partial charge in [-0.2, -0.15) is 0 Å². The number of carbonyl (C=O) groups excluding carboxylic acids is 2. The van der Waals surface area contributed by atoms with E-state index in [0.29, 0.717) is 33.7 Å². The van der Waals surface area contributed by atoms with Gasteiger partial charge in [0.2, 0.25) is 6.79 Å². The highest BCUT2D eigenvalue weighted by Crippen LogP contribution is 2.34. The van der Waals surface area contributed by atoms with Crippen LogP contribution in [0.4, 0.5) is 5.69 Å². The highest BCUT2D eigenvalue weighted by atomic mass is 32.2. The van der Waals surface area contributed by atoms with Crippen LogP contribution < -0.4 is 14.4 Å². The number of rotatable bonds is 5. The van der Waals surface area contributed by atoms with Gasteiger partial charge in [0.15, 0.2) is 22.4 Å². The highest BCUT2D eigenvalue weighted by Gasteiger charge is 2.32. The molecule has 1 aromatic heterocycles. The Bertz CT molecular complexity index is 1250. The van der Waals surface area contributed by atoms with Crippen molar-refractivity contribution in [2.75, 3.05) is 17.4 Å². The number of H-pyrrole nitrogens is 1. The van der Waals surface area contributed by atoms with E-state index in [1.165, 1.54) is 11.8 Å². The predicted octanol–water partition coefficient (Wildman–Crippen LogP) is 4.41. The lowest BCUT2D eigenvalue weighted by Crippen LogP contribution is -2.30. The number of ether oxygens (including phenoxy) is 2. The topological polar surface area (TPSA) is 84.0 Å². The molecule has 0 fully saturated rings. The summed E-state index contributed by atoms with van der Waals surface area (Å²) in [5.74, 6) is 1.16. The number of aromatic nitrogens is 1. The summed E-state index contributed by atoms with van der Waals surface area (Å²) >= 11 is 1.24. The van der Waals surface area contributed by atoms with Crippen molar-refractivity contribution in [3.8, 4) is 11.5 Å². The number of amides is 1. The van der Waals surface area contributed by atoms with Gasteiger partial charge in [-0.1, -0.05) is 35.5 Å². The van der Waals surface area contributed by atoms with Gasteiger partial charge in [0.1, 0.15) is 5.70 Å². The lowest BCUT2D eigenvalue weighted by molar-refractivity contribution is -0.113. The summed E-state index contributed by atoms with van der Waals surface area (Å²) in [5.41, 5.74) is 3.39. The zero-order chi connectivity index (χ0) is 22.1. The van der Waals surface area contributed by atoms with Crippen molar-refractivity contribution in [3.05, 3.63) is 83.3 Å². The Labute approximate surface area is 188 Å². The van der Waals surface area contributed by atoms with Gasteiger partial charge in [-0.05, 0) is 55.0 Å². The fourth-order valence-corrected chi connectivity index (χ4v) is 4.28. The van der Waals surface area contributed by atoms with E-state index in [0.717, 1.165) is 11.1 Å². The van der Waals surface area contributed by atoms with Crippen LogP contribution in [0.25, 0.3) is 6.08 Å². The maximum absolute atomic E-state index is 13.3. The molecule has 3 heterocycles. The number of Topliss-reactive ketones (excluding diaryl/α,β-unsaturated/α-hetero) is 1. The van der Waals surface area contributed by atoms with E-state index >= 15 is 0 Å². The quantitative estimate of drug-likeness (QED) is 0.465. The number of ketones is 1. The molecule has 0 radical (unpaired) electrons. The van der Waals surface area contributed by atoms with Crippen LogP contribution >= 0.6 is 11.8 Å². The Morgan fingerprint density at radius 3 is 2.75 bits per heavy atom. The predicted molar refractivity (Wildman–Crippen MR) is 124 cm³/mol. The third-order valence-corrected chi connectivity index (χ3v) is 5.99. The van der Waals surface area contributed by atoms with Crippen molar-refractivity contribution in [1.29, 1.82) is 0 Å². The number of fused-ring (bicyclic) bond motifs is 1. The third kappa shape index (κ3) is 3.92. The van der Waals surface area contributed by atoms with Crippen molar-refractivity contribution in [2.45, 2.75) is 6.92 Å². The van der Waals surface area contributed by atoms with Crippen LogP contribution in [0.15, 0.2) is 71.5 Å². The van der Waals surface area contributed by atoms with Crippen LogP contribution in [0.1, 0.15) is 21.6 Å². The van der Waals surface area contributed by atoms with Gasteiger partial charge < -0.3 is 14.5 Å². The fourth-order valence-electron chi connectivity index (χ4n) is 3.39. The average molecular weight is 446 g/mol. The molecule has 8 heteroatoms. The maximum Gasteiger partial charge on any atom is 0.283 e. The van der Waals surface area contributed by atoms with Gasteiger partial charge in [0, 0.05) is 6.20 Å². The van der Waals surface area contributed by atoms with Crippen molar-refractivity contribution in [2.24, 2.45) is 4.99 Å². The van der Waals surface area contributed by atoms with Gasteiger partial charge >= 0.3 is 0 Å². The lowest BCUT2D eigenvalue weighted by atomic mass is 10.1. The van der Waals surface area contributed by atoms with Crippen LogP contribution in [0.3, 0.4) is 0 Å². The molecule has 0 aliphatic carbocycles. The molecular weight excluding hydrogens is 426 g/mol. The number of thioether (sulfide) groups is 1. The third-order valence-electron chi connectivity index (χ3n) is 5.05. The fraction of sp³-hybridized carbons (Fsp3) is 0.125. The largest absolute Gasteiger partial charge is 0.454 e. The summed E-state index contributed by atoms with van der Waals surface area (Å²) in [6, 6.07) is 16.6. The molecule has 0 spiro atoms.